The maximum absolute atomic E-state index is 12.5. The first-order chi connectivity index (χ1) is 9.93. The smallest absolute Gasteiger partial charge is 0.254 e. The molecule has 1 unspecified atom stereocenters. The van der Waals surface area contributed by atoms with Gasteiger partial charge in [-0.2, -0.15) is 0 Å². The summed E-state index contributed by atoms with van der Waals surface area (Å²) >= 11 is 0. The number of aliphatic hydroxyl groups is 1. The molecule has 0 aromatic heterocycles. The quantitative estimate of drug-likeness (QED) is 0.913. The van der Waals surface area contributed by atoms with E-state index < -0.39 is 9.84 Å². The Hall–Kier alpha value is -1.40. The van der Waals surface area contributed by atoms with Gasteiger partial charge in [0.2, 0.25) is 0 Å². The van der Waals surface area contributed by atoms with Crippen LogP contribution in [0.15, 0.2) is 29.2 Å². The number of hydrogen-bond acceptors (Lipinski definition) is 4. The third kappa shape index (κ3) is 3.83. The Labute approximate surface area is 125 Å². The van der Waals surface area contributed by atoms with E-state index in [1.165, 1.54) is 12.1 Å². The lowest BCUT2D eigenvalue weighted by Crippen LogP contribution is -2.44. The van der Waals surface area contributed by atoms with Gasteiger partial charge in [-0.1, -0.05) is 0 Å². The van der Waals surface area contributed by atoms with E-state index in [1.54, 1.807) is 17.0 Å². The molecule has 21 heavy (non-hydrogen) atoms. The fourth-order valence-electron chi connectivity index (χ4n) is 2.73. The minimum Gasteiger partial charge on any atom is -0.396 e. The standard InChI is InChI=1S/C15H21NO4S/c1-21(19,20)14-7-5-12(6-8-14)15(18)16-10-3-2-4-13(16)9-11-17/h5-8,13,17H,2-4,9-11H2,1H3. The van der Waals surface area contributed by atoms with Crippen molar-refractivity contribution in [1.82, 2.24) is 4.90 Å². The number of hydrogen-bond donors (Lipinski definition) is 1. The first kappa shape index (κ1) is 16.0. The summed E-state index contributed by atoms with van der Waals surface area (Å²) < 4.78 is 22.9. The van der Waals surface area contributed by atoms with Crippen molar-refractivity contribution in [2.45, 2.75) is 36.6 Å². The van der Waals surface area contributed by atoms with Crippen LogP contribution in [0.3, 0.4) is 0 Å². The van der Waals surface area contributed by atoms with E-state index >= 15 is 0 Å². The van der Waals surface area contributed by atoms with Gasteiger partial charge in [0, 0.05) is 31.0 Å². The van der Waals surface area contributed by atoms with Gasteiger partial charge in [0.15, 0.2) is 9.84 Å². The summed E-state index contributed by atoms with van der Waals surface area (Å²) in [4.78, 5) is 14.6. The number of amides is 1. The first-order valence-electron chi connectivity index (χ1n) is 7.15. The van der Waals surface area contributed by atoms with Crippen molar-refractivity contribution < 1.29 is 18.3 Å². The molecule has 2 rings (SSSR count). The number of benzene rings is 1. The minimum absolute atomic E-state index is 0.0709. The van der Waals surface area contributed by atoms with Gasteiger partial charge in [-0.15, -0.1) is 0 Å². The van der Waals surface area contributed by atoms with Gasteiger partial charge in [-0.25, -0.2) is 8.42 Å². The van der Waals surface area contributed by atoms with Crippen LogP contribution in [0.5, 0.6) is 0 Å². The van der Waals surface area contributed by atoms with E-state index in [0.717, 1.165) is 25.5 Å². The van der Waals surface area contributed by atoms with E-state index in [2.05, 4.69) is 0 Å². The fraction of sp³-hybridized carbons (Fsp3) is 0.533. The Morgan fingerprint density at radius 2 is 1.95 bits per heavy atom. The predicted molar refractivity (Wildman–Crippen MR) is 79.9 cm³/mol. The molecule has 6 heteroatoms. The largest absolute Gasteiger partial charge is 0.396 e. The molecule has 1 amide bonds. The lowest BCUT2D eigenvalue weighted by molar-refractivity contribution is 0.0574. The molecule has 0 radical (unpaired) electrons. The van der Waals surface area contributed by atoms with Crippen LogP contribution in [0, 0.1) is 0 Å². The van der Waals surface area contributed by atoms with E-state index in [1.807, 2.05) is 0 Å². The number of carbonyl (C=O) groups is 1. The van der Waals surface area contributed by atoms with E-state index in [9.17, 15) is 13.2 Å². The summed E-state index contributed by atoms with van der Waals surface area (Å²) in [6, 6.07) is 6.12. The molecule has 0 spiro atoms. The lowest BCUT2D eigenvalue weighted by atomic mass is 9.98. The van der Waals surface area contributed by atoms with E-state index in [0.29, 0.717) is 18.5 Å². The topological polar surface area (TPSA) is 74.7 Å². The number of nitrogens with zero attached hydrogens (tertiary/aromatic N) is 1. The molecule has 1 atom stereocenters. The molecule has 1 saturated heterocycles. The Kier molecular flexibility index (Phi) is 5.00. The molecular formula is C15H21NO4S. The first-order valence-corrected chi connectivity index (χ1v) is 9.04. The van der Waals surface area contributed by atoms with Gasteiger partial charge in [-0.3, -0.25) is 4.79 Å². The van der Waals surface area contributed by atoms with Gasteiger partial charge in [0.05, 0.1) is 4.90 Å². The lowest BCUT2D eigenvalue weighted by Gasteiger charge is -2.35. The number of likely N-dealkylation sites (tertiary alicyclic amines) is 1. The summed E-state index contributed by atoms with van der Waals surface area (Å²) in [7, 11) is -3.25. The third-order valence-corrected chi connectivity index (χ3v) is 5.01. The highest BCUT2D eigenvalue weighted by Gasteiger charge is 2.27. The highest BCUT2D eigenvalue weighted by Crippen LogP contribution is 2.22. The molecule has 1 heterocycles. The average Bonchev–Trinajstić information content (AvgIpc) is 2.47. The molecular weight excluding hydrogens is 290 g/mol. The molecule has 1 aromatic rings. The van der Waals surface area contributed by atoms with Crippen molar-refractivity contribution >= 4 is 15.7 Å². The molecule has 1 aromatic carbocycles. The zero-order valence-corrected chi connectivity index (χ0v) is 13.0. The monoisotopic (exact) mass is 311 g/mol. The van der Waals surface area contributed by atoms with Crippen LogP contribution >= 0.6 is 0 Å². The number of carbonyl (C=O) groups excluding carboxylic acids is 1. The molecule has 0 saturated carbocycles. The van der Waals surface area contributed by atoms with Crippen molar-refractivity contribution in [3.63, 3.8) is 0 Å². The highest BCUT2D eigenvalue weighted by atomic mass is 32.2. The van der Waals surface area contributed by atoms with Crippen LogP contribution in [0.4, 0.5) is 0 Å². The van der Waals surface area contributed by atoms with E-state index in [-0.39, 0.29) is 23.5 Å². The van der Waals surface area contributed by atoms with Gasteiger partial charge >= 0.3 is 0 Å². The zero-order chi connectivity index (χ0) is 15.5. The van der Waals surface area contributed by atoms with Crippen LogP contribution < -0.4 is 0 Å². The van der Waals surface area contributed by atoms with Crippen molar-refractivity contribution in [2.24, 2.45) is 0 Å². The molecule has 1 N–H and O–H groups in total. The maximum atomic E-state index is 12.5. The van der Waals surface area contributed by atoms with Crippen molar-refractivity contribution in [3.8, 4) is 0 Å². The number of sulfone groups is 1. The zero-order valence-electron chi connectivity index (χ0n) is 12.2. The van der Waals surface area contributed by atoms with Crippen molar-refractivity contribution in [1.29, 1.82) is 0 Å². The SMILES string of the molecule is CS(=O)(=O)c1ccc(C(=O)N2CCCCC2CCO)cc1. The number of aliphatic hydroxyl groups excluding tert-OH is 1. The van der Waals surface area contributed by atoms with Crippen LogP contribution in [-0.2, 0) is 9.84 Å². The fourth-order valence-corrected chi connectivity index (χ4v) is 3.36. The number of piperidine rings is 1. The van der Waals surface area contributed by atoms with Gasteiger partial charge in [0.25, 0.3) is 5.91 Å². The summed E-state index contributed by atoms with van der Waals surface area (Å²) in [5.41, 5.74) is 0.493. The summed E-state index contributed by atoms with van der Waals surface area (Å²) in [6.45, 7) is 0.763. The Morgan fingerprint density at radius 3 is 2.52 bits per heavy atom. The van der Waals surface area contributed by atoms with Crippen molar-refractivity contribution in [3.05, 3.63) is 29.8 Å². The molecule has 1 aliphatic rings. The van der Waals surface area contributed by atoms with E-state index in [4.69, 9.17) is 5.11 Å². The highest BCUT2D eigenvalue weighted by molar-refractivity contribution is 7.90. The molecule has 1 aliphatic heterocycles. The van der Waals surface area contributed by atoms with Crippen LogP contribution in [0.1, 0.15) is 36.0 Å². The Balaban J connectivity index is 2.18. The second kappa shape index (κ2) is 6.58. The van der Waals surface area contributed by atoms with Crippen LogP contribution in [-0.4, -0.2) is 49.8 Å². The molecule has 0 bridgehead atoms. The number of rotatable bonds is 4. The maximum Gasteiger partial charge on any atom is 0.254 e. The van der Waals surface area contributed by atoms with Crippen molar-refractivity contribution in [2.75, 3.05) is 19.4 Å². The second-order valence-corrected chi connectivity index (χ2v) is 7.47. The molecule has 0 aliphatic carbocycles. The van der Waals surface area contributed by atoms with Crippen LogP contribution in [0.2, 0.25) is 0 Å². The summed E-state index contributed by atoms with van der Waals surface area (Å²) in [6.07, 6.45) is 4.68. The Bertz CT molecular complexity index is 593. The third-order valence-electron chi connectivity index (χ3n) is 3.88. The van der Waals surface area contributed by atoms with Gasteiger partial charge in [0.1, 0.15) is 0 Å². The predicted octanol–water partition coefficient (Wildman–Crippen LogP) is 1.47. The normalized spacial score (nSPS) is 19.5. The molecule has 1 fully saturated rings. The average molecular weight is 311 g/mol. The molecule has 116 valence electrons. The molecule has 5 nitrogen and oxygen atoms in total. The second-order valence-electron chi connectivity index (χ2n) is 5.46. The Morgan fingerprint density at radius 1 is 1.29 bits per heavy atom. The van der Waals surface area contributed by atoms with Crippen LogP contribution in [0.25, 0.3) is 0 Å². The summed E-state index contributed by atoms with van der Waals surface area (Å²) in [5.74, 6) is -0.0896. The van der Waals surface area contributed by atoms with Gasteiger partial charge in [-0.05, 0) is 49.9 Å². The minimum atomic E-state index is -3.25. The summed E-state index contributed by atoms with van der Waals surface area (Å²) in [5, 5.41) is 9.11. The van der Waals surface area contributed by atoms with Gasteiger partial charge < -0.3 is 10.0 Å².